The van der Waals surface area contributed by atoms with E-state index in [1.165, 1.54) is 18.4 Å². The Bertz CT molecular complexity index is 792. The summed E-state index contributed by atoms with van der Waals surface area (Å²) in [5, 5.41) is 3.03. The smallest absolute Gasteiger partial charge is 0.348 e. The number of thiophene rings is 1. The minimum Gasteiger partial charge on any atom is -0.465 e. The van der Waals surface area contributed by atoms with Crippen LogP contribution >= 0.6 is 11.3 Å². The number of fused-ring (bicyclic) bond motifs is 1. The quantitative estimate of drug-likeness (QED) is 0.666. The maximum atomic E-state index is 11.9. The monoisotopic (exact) mass is 283 g/mol. The minimum absolute atomic E-state index is 0.300. The highest BCUT2D eigenvalue weighted by Crippen LogP contribution is 2.33. The summed E-state index contributed by atoms with van der Waals surface area (Å²) in [6, 6.07) is 10.00. The number of benzene rings is 1. The highest BCUT2D eigenvalue weighted by Gasteiger charge is 2.18. The summed E-state index contributed by atoms with van der Waals surface area (Å²) in [5.41, 5.74) is 3.87. The minimum atomic E-state index is -0.300. The van der Waals surface area contributed by atoms with E-state index in [1.54, 1.807) is 0 Å². The van der Waals surface area contributed by atoms with Gasteiger partial charge in [-0.2, -0.15) is 0 Å². The number of carbonyl (C=O) groups excluding carboxylic acids is 1. The zero-order valence-electron chi connectivity index (χ0n) is 11.2. The summed E-state index contributed by atoms with van der Waals surface area (Å²) in [6.07, 6.45) is 1.81. The first-order valence-corrected chi connectivity index (χ1v) is 7.10. The van der Waals surface area contributed by atoms with Crippen molar-refractivity contribution in [2.75, 3.05) is 7.11 Å². The summed E-state index contributed by atoms with van der Waals surface area (Å²) in [7, 11) is 1.40. The number of carbonyl (C=O) groups is 1. The summed E-state index contributed by atoms with van der Waals surface area (Å²) >= 11 is 1.41. The molecule has 0 fully saturated rings. The van der Waals surface area contributed by atoms with Crippen LogP contribution in [-0.2, 0) is 4.74 Å². The van der Waals surface area contributed by atoms with Gasteiger partial charge in [-0.1, -0.05) is 18.2 Å². The van der Waals surface area contributed by atoms with Crippen LogP contribution in [0.3, 0.4) is 0 Å². The molecule has 20 heavy (non-hydrogen) atoms. The molecular formula is C16H13NO2S. The molecule has 0 bridgehead atoms. The standard InChI is InChI=1S/C16H13NO2S/c1-10-9-20-15(16(18)19-2)14(10)12-7-11-5-3-4-6-13(11)17-8-12/h3-9H,1-2H3. The number of rotatable bonds is 2. The fourth-order valence-corrected chi connectivity index (χ4v) is 3.24. The second-order valence-corrected chi connectivity index (χ2v) is 5.41. The molecule has 0 spiro atoms. The van der Waals surface area contributed by atoms with Crippen LogP contribution in [-0.4, -0.2) is 18.1 Å². The van der Waals surface area contributed by atoms with Crippen molar-refractivity contribution < 1.29 is 9.53 Å². The summed E-state index contributed by atoms with van der Waals surface area (Å²) in [5.74, 6) is -0.300. The Hall–Kier alpha value is -2.20. The zero-order valence-corrected chi connectivity index (χ0v) is 12.0. The zero-order chi connectivity index (χ0) is 14.1. The lowest BCUT2D eigenvalue weighted by Gasteiger charge is -2.06. The van der Waals surface area contributed by atoms with Crippen molar-refractivity contribution in [2.24, 2.45) is 0 Å². The van der Waals surface area contributed by atoms with Crippen molar-refractivity contribution >= 4 is 28.2 Å². The Balaban J connectivity index is 2.20. The number of esters is 1. The summed E-state index contributed by atoms with van der Waals surface area (Å²) in [6.45, 7) is 1.99. The number of para-hydroxylation sites is 1. The van der Waals surface area contributed by atoms with E-state index >= 15 is 0 Å². The molecule has 3 aromatic rings. The van der Waals surface area contributed by atoms with Gasteiger partial charge in [0, 0.05) is 22.7 Å². The van der Waals surface area contributed by atoms with Crippen LogP contribution in [0.4, 0.5) is 0 Å². The van der Waals surface area contributed by atoms with Crippen LogP contribution in [0.1, 0.15) is 15.2 Å². The third-order valence-corrected chi connectivity index (χ3v) is 4.30. The Labute approximate surface area is 120 Å². The van der Waals surface area contributed by atoms with Crippen LogP contribution in [0, 0.1) is 6.92 Å². The first-order valence-electron chi connectivity index (χ1n) is 6.22. The number of hydrogen-bond donors (Lipinski definition) is 0. The van der Waals surface area contributed by atoms with E-state index in [-0.39, 0.29) is 5.97 Å². The van der Waals surface area contributed by atoms with E-state index in [9.17, 15) is 4.79 Å². The molecule has 4 heteroatoms. The Kier molecular flexibility index (Phi) is 3.24. The van der Waals surface area contributed by atoms with Gasteiger partial charge in [-0.05, 0) is 30.0 Å². The van der Waals surface area contributed by atoms with Gasteiger partial charge in [0.25, 0.3) is 0 Å². The third-order valence-electron chi connectivity index (χ3n) is 3.22. The normalized spacial score (nSPS) is 10.7. The lowest BCUT2D eigenvalue weighted by molar-refractivity contribution is 0.0607. The molecule has 0 N–H and O–H groups in total. The van der Waals surface area contributed by atoms with Crippen molar-refractivity contribution in [3.63, 3.8) is 0 Å². The number of methoxy groups -OCH3 is 1. The highest BCUT2D eigenvalue weighted by atomic mass is 32.1. The third kappa shape index (κ3) is 2.08. The lowest BCUT2D eigenvalue weighted by atomic mass is 10.0. The van der Waals surface area contributed by atoms with E-state index in [0.29, 0.717) is 4.88 Å². The molecule has 0 amide bonds. The topological polar surface area (TPSA) is 39.2 Å². The fraction of sp³-hybridized carbons (Fsp3) is 0.125. The summed E-state index contributed by atoms with van der Waals surface area (Å²) in [4.78, 5) is 16.9. The maximum absolute atomic E-state index is 11.9. The lowest BCUT2D eigenvalue weighted by Crippen LogP contribution is -2.00. The fourth-order valence-electron chi connectivity index (χ4n) is 2.25. The molecular weight excluding hydrogens is 270 g/mol. The van der Waals surface area contributed by atoms with Crippen LogP contribution in [0.2, 0.25) is 0 Å². The predicted octanol–water partition coefficient (Wildman–Crippen LogP) is 4.06. The van der Waals surface area contributed by atoms with Gasteiger partial charge in [-0.25, -0.2) is 4.79 Å². The average molecular weight is 283 g/mol. The molecule has 0 saturated carbocycles. The van der Waals surface area contributed by atoms with Crippen LogP contribution < -0.4 is 0 Å². The second kappa shape index (κ2) is 5.06. The Morgan fingerprint density at radius 2 is 2.10 bits per heavy atom. The van der Waals surface area contributed by atoms with E-state index in [0.717, 1.165) is 27.6 Å². The second-order valence-electron chi connectivity index (χ2n) is 4.53. The van der Waals surface area contributed by atoms with Crippen molar-refractivity contribution in [3.8, 4) is 11.1 Å². The Morgan fingerprint density at radius 1 is 1.30 bits per heavy atom. The van der Waals surface area contributed by atoms with Gasteiger partial charge in [0.2, 0.25) is 0 Å². The average Bonchev–Trinajstić information content (AvgIpc) is 2.87. The SMILES string of the molecule is COC(=O)c1scc(C)c1-c1cnc2ccccc2c1. The van der Waals surface area contributed by atoms with Crippen LogP contribution in [0.25, 0.3) is 22.0 Å². The van der Waals surface area contributed by atoms with E-state index in [2.05, 4.69) is 11.1 Å². The van der Waals surface area contributed by atoms with Crippen LogP contribution in [0.5, 0.6) is 0 Å². The molecule has 0 aliphatic heterocycles. The van der Waals surface area contributed by atoms with Gasteiger partial charge in [0.05, 0.1) is 12.6 Å². The van der Waals surface area contributed by atoms with Crippen molar-refractivity contribution in [3.05, 3.63) is 52.3 Å². The molecule has 1 aromatic carbocycles. The molecule has 0 saturated heterocycles. The van der Waals surface area contributed by atoms with E-state index in [4.69, 9.17) is 4.74 Å². The van der Waals surface area contributed by atoms with Crippen molar-refractivity contribution in [2.45, 2.75) is 6.92 Å². The van der Waals surface area contributed by atoms with Gasteiger partial charge in [0.1, 0.15) is 4.88 Å². The first-order chi connectivity index (χ1) is 9.70. The van der Waals surface area contributed by atoms with E-state index in [1.807, 2.05) is 42.8 Å². The number of hydrogen-bond acceptors (Lipinski definition) is 4. The van der Waals surface area contributed by atoms with Gasteiger partial charge in [-0.3, -0.25) is 4.98 Å². The molecule has 2 heterocycles. The van der Waals surface area contributed by atoms with E-state index < -0.39 is 0 Å². The number of aromatic nitrogens is 1. The maximum Gasteiger partial charge on any atom is 0.348 e. The van der Waals surface area contributed by atoms with Gasteiger partial charge in [0.15, 0.2) is 0 Å². The molecule has 100 valence electrons. The largest absolute Gasteiger partial charge is 0.465 e. The van der Waals surface area contributed by atoms with Crippen LogP contribution in [0.15, 0.2) is 41.9 Å². The molecule has 3 nitrogen and oxygen atoms in total. The van der Waals surface area contributed by atoms with Gasteiger partial charge < -0.3 is 4.74 Å². The number of pyridine rings is 1. The first kappa shape index (κ1) is 12.8. The van der Waals surface area contributed by atoms with Crippen molar-refractivity contribution in [1.29, 1.82) is 0 Å². The molecule has 0 aliphatic rings. The van der Waals surface area contributed by atoms with Gasteiger partial charge in [-0.15, -0.1) is 11.3 Å². The number of nitrogens with zero attached hydrogens (tertiary/aromatic N) is 1. The van der Waals surface area contributed by atoms with Crippen molar-refractivity contribution in [1.82, 2.24) is 4.98 Å². The molecule has 2 aromatic heterocycles. The summed E-state index contributed by atoms with van der Waals surface area (Å²) < 4.78 is 4.85. The molecule has 0 atom stereocenters. The highest BCUT2D eigenvalue weighted by molar-refractivity contribution is 7.12. The number of aryl methyl sites for hydroxylation is 1. The molecule has 0 radical (unpaired) electrons. The molecule has 0 aliphatic carbocycles. The van der Waals surface area contributed by atoms with Gasteiger partial charge >= 0.3 is 5.97 Å². The Morgan fingerprint density at radius 3 is 2.90 bits per heavy atom. The number of ether oxygens (including phenoxy) is 1. The predicted molar refractivity (Wildman–Crippen MR) is 81.1 cm³/mol. The molecule has 3 rings (SSSR count). The molecule has 0 unspecified atom stereocenters.